The van der Waals surface area contributed by atoms with Gasteiger partial charge in [-0.3, -0.25) is 4.68 Å². The van der Waals surface area contributed by atoms with E-state index in [1.165, 1.54) is 19.3 Å². The average molecular weight is 231 g/mol. The first-order valence-electron chi connectivity index (χ1n) is 6.09. The van der Waals surface area contributed by atoms with E-state index in [1.54, 1.807) is 0 Å². The Balaban J connectivity index is 2.03. The van der Waals surface area contributed by atoms with Crippen molar-refractivity contribution in [2.75, 3.05) is 23.7 Å². The Bertz CT molecular complexity index is 539. The Labute approximate surface area is 100 Å². The van der Waals surface area contributed by atoms with Crippen molar-refractivity contribution in [1.82, 2.24) is 14.8 Å². The predicted molar refractivity (Wildman–Crippen MR) is 69.0 cm³/mol. The van der Waals surface area contributed by atoms with Gasteiger partial charge in [-0.25, -0.2) is 4.98 Å². The molecule has 0 unspecified atom stereocenters. The van der Waals surface area contributed by atoms with E-state index in [2.05, 4.69) is 21.0 Å². The number of aromatic nitrogens is 3. The minimum absolute atomic E-state index is 0.556. The van der Waals surface area contributed by atoms with Crippen LogP contribution >= 0.6 is 0 Å². The second kappa shape index (κ2) is 3.91. The topological polar surface area (TPSA) is 60.0 Å². The van der Waals surface area contributed by atoms with Crippen LogP contribution in [0.25, 0.3) is 10.9 Å². The van der Waals surface area contributed by atoms with Crippen molar-refractivity contribution in [3.05, 3.63) is 12.3 Å². The Morgan fingerprint density at radius 1 is 1.24 bits per heavy atom. The van der Waals surface area contributed by atoms with E-state index in [0.29, 0.717) is 5.82 Å². The zero-order valence-electron chi connectivity index (χ0n) is 10.1. The lowest BCUT2D eigenvalue weighted by Crippen LogP contribution is -2.30. The molecule has 90 valence electrons. The van der Waals surface area contributed by atoms with Gasteiger partial charge in [0.1, 0.15) is 5.82 Å². The number of aryl methyl sites for hydroxylation is 1. The fraction of sp³-hybridized carbons (Fsp3) is 0.500. The van der Waals surface area contributed by atoms with Gasteiger partial charge >= 0.3 is 0 Å². The summed E-state index contributed by atoms with van der Waals surface area (Å²) in [6, 6.07) is 2.09. The molecule has 17 heavy (non-hydrogen) atoms. The zero-order valence-corrected chi connectivity index (χ0v) is 10.1. The van der Waals surface area contributed by atoms with Crippen LogP contribution in [0.3, 0.4) is 0 Å². The van der Waals surface area contributed by atoms with Crippen molar-refractivity contribution in [3.8, 4) is 0 Å². The van der Waals surface area contributed by atoms with E-state index in [4.69, 9.17) is 5.73 Å². The van der Waals surface area contributed by atoms with E-state index in [0.717, 1.165) is 29.8 Å². The first kappa shape index (κ1) is 10.4. The quantitative estimate of drug-likeness (QED) is 0.808. The fourth-order valence-electron chi connectivity index (χ4n) is 2.46. The van der Waals surface area contributed by atoms with E-state index in [1.807, 2.05) is 17.9 Å². The predicted octanol–water partition coefficient (Wildman–Crippen LogP) is 1.54. The van der Waals surface area contributed by atoms with Crippen LogP contribution in [0.5, 0.6) is 0 Å². The maximum atomic E-state index is 5.82. The molecule has 0 atom stereocenters. The van der Waals surface area contributed by atoms with Crippen molar-refractivity contribution >= 4 is 22.5 Å². The molecule has 1 fully saturated rings. The van der Waals surface area contributed by atoms with Crippen molar-refractivity contribution in [1.29, 1.82) is 0 Å². The van der Waals surface area contributed by atoms with Gasteiger partial charge in [0.05, 0.1) is 10.9 Å². The van der Waals surface area contributed by atoms with Crippen LogP contribution in [0.4, 0.5) is 11.6 Å². The van der Waals surface area contributed by atoms with Gasteiger partial charge in [0, 0.05) is 32.4 Å². The minimum atomic E-state index is 0.556. The summed E-state index contributed by atoms with van der Waals surface area (Å²) in [5, 5.41) is 5.15. The molecule has 5 heteroatoms. The number of rotatable bonds is 1. The van der Waals surface area contributed by atoms with E-state index < -0.39 is 0 Å². The molecule has 0 aromatic carbocycles. The summed E-state index contributed by atoms with van der Waals surface area (Å²) in [6.45, 7) is 2.21. The van der Waals surface area contributed by atoms with Gasteiger partial charge in [-0.2, -0.15) is 5.10 Å². The van der Waals surface area contributed by atoms with Crippen LogP contribution in [0, 0.1) is 0 Å². The van der Waals surface area contributed by atoms with E-state index >= 15 is 0 Å². The van der Waals surface area contributed by atoms with E-state index in [9.17, 15) is 0 Å². The number of pyridine rings is 1. The number of hydrogen-bond acceptors (Lipinski definition) is 4. The third-order valence-electron chi connectivity index (χ3n) is 3.43. The monoisotopic (exact) mass is 231 g/mol. The molecule has 3 rings (SSSR count). The number of nitrogens with zero attached hydrogens (tertiary/aromatic N) is 4. The number of nitrogen functional groups attached to an aromatic ring is 1. The number of hydrogen-bond donors (Lipinski definition) is 1. The molecule has 1 saturated heterocycles. The number of anilines is 2. The van der Waals surface area contributed by atoms with E-state index in [-0.39, 0.29) is 0 Å². The highest BCUT2D eigenvalue weighted by Crippen LogP contribution is 2.24. The van der Waals surface area contributed by atoms with Crippen LogP contribution in [0.1, 0.15) is 19.3 Å². The lowest BCUT2D eigenvalue weighted by atomic mass is 10.1. The third-order valence-corrected chi connectivity index (χ3v) is 3.43. The summed E-state index contributed by atoms with van der Waals surface area (Å²) in [5.74, 6) is 1.60. The van der Waals surface area contributed by atoms with Gasteiger partial charge in [0.15, 0.2) is 5.82 Å². The Morgan fingerprint density at radius 2 is 2.00 bits per heavy atom. The second-order valence-electron chi connectivity index (χ2n) is 4.62. The Hall–Kier alpha value is -1.78. The summed E-state index contributed by atoms with van der Waals surface area (Å²) in [4.78, 5) is 6.84. The number of fused-ring (bicyclic) bond motifs is 1. The minimum Gasteiger partial charge on any atom is -0.382 e. The van der Waals surface area contributed by atoms with Gasteiger partial charge in [0.25, 0.3) is 0 Å². The van der Waals surface area contributed by atoms with Crippen molar-refractivity contribution in [3.63, 3.8) is 0 Å². The first-order valence-corrected chi connectivity index (χ1v) is 6.09. The van der Waals surface area contributed by atoms with Gasteiger partial charge in [-0.15, -0.1) is 0 Å². The molecule has 2 N–H and O–H groups in total. The fourth-order valence-corrected chi connectivity index (χ4v) is 2.46. The molecule has 2 aromatic rings. The SMILES string of the molecule is Cn1nc(N)c2cnc(N3CCCCC3)cc21. The molecule has 0 spiro atoms. The summed E-state index contributed by atoms with van der Waals surface area (Å²) < 4.78 is 1.82. The summed E-state index contributed by atoms with van der Waals surface area (Å²) in [7, 11) is 1.92. The van der Waals surface area contributed by atoms with Crippen LogP contribution in [0.15, 0.2) is 12.3 Å². The maximum Gasteiger partial charge on any atom is 0.154 e. The molecule has 0 radical (unpaired) electrons. The molecule has 0 bridgehead atoms. The van der Waals surface area contributed by atoms with Crippen molar-refractivity contribution < 1.29 is 0 Å². The molecule has 0 amide bonds. The molecular formula is C12H17N5. The van der Waals surface area contributed by atoms with Gasteiger partial charge in [-0.05, 0) is 19.3 Å². The Kier molecular flexibility index (Phi) is 2.39. The summed E-state index contributed by atoms with van der Waals surface area (Å²) in [5.41, 5.74) is 6.87. The highest BCUT2D eigenvalue weighted by Gasteiger charge is 2.14. The van der Waals surface area contributed by atoms with Gasteiger partial charge in [0.2, 0.25) is 0 Å². The Morgan fingerprint density at radius 3 is 2.76 bits per heavy atom. The second-order valence-corrected chi connectivity index (χ2v) is 4.62. The molecule has 1 aliphatic rings. The van der Waals surface area contributed by atoms with Crippen LogP contribution < -0.4 is 10.6 Å². The zero-order chi connectivity index (χ0) is 11.8. The molecule has 2 aromatic heterocycles. The smallest absolute Gasteiger partial charge is 0.154 e. The molecule has 3 heterocycles. The molecule has 1 aliphatic heterocycles. The summed E-state index contributed by atoms with van der Waals surface area (Å²) >= 11 is 0. The number of nitrogens with two attached hydrogens (primary N) is 1. The highest BCUT2D eigenvalue weighted by molar-refractivity contribution is 5.89. The van der Waals surface area contributed by atoms with Crippen molar-refractivity contribution in [2.24, 2.45) is 7.05 Å². The van der Waals surface area contributed by atoms with Crippen LogP contribution in [0.2, 0.25) is 0 Å². The van der Waals surface area contributed by atoms with Crippen LogP contribution in [-0.4, -0.2) is 27.9 Å². The van der Waals surface area contributed by atoms with Gasteiger partial charge < -0.3 is 10.6 Å². The molecule has 0 aliphatic carbocycles. The highest BCUT2D eigenvalue weighted by atomic mass is 15.3. The molecule has 5 nitrogen and oxygen atoms in total. The third kappa shape index (κ3) is 1.71. The van der Waals surface area contributed by atoms with Crippen LogP contribution in [-0.2, 0) is 7.05 Å². The van der Waals surface area contributed by atoms with Gasteiger partial charge in [-0.1, -0.05) is 0 Å². The number of piperidine rings is 1. The lowest BCUT2D eigenvalue weighted by molar-refractivity contribution is 0.573. The van der Waals surface area contributed by atoms with Crippen molar-refractivity contribution in [2.45, 2.75) is 19.3 Å². The normalized spacial score (nSPS) is 16.6. The summed E-state index contributed by atoms with van der Waals surface area (Å²) in [6.07, 6.45) is 5.68. The largest absolute Gasteiger partial charge is 0.382 e. The lowest BCUT2D eigenvalue weighted by Gasteiger charge is -2.27. The maximum absolute atomic E-state index is 5.82. The average Bonchev–Trinajstić information content (AvgIpc) is 2.66. The first-order chi connectivity index (χ1) is 8.25. The molecule has 0 saturated carbocycles. The standard InChI is InChI=1S/C12H17N5/c1-16-10-7-11(17-5-3-2-4-6-17)14-8-9(10)12(13)15-16/h7-8H,2-6H2,1H3,(H2,13,15). The molecular weight excluding hydrogens is 214 g/mol.